The molecule has 3 atom stereocenters. The second kappa shape index (κ2) is 6.13. The van der Waals surface area contributed by atoms with E-state index in [4.69, 9.17) is 23.2 Å². The van der Waals surface area contributed by atoms with Crippen LogP contribution in [-0.4, -0.2) is 18.0 Å². The fraction of sp³-hybridized carbons (Fsp3) is 0.533. The smallest absolute Gasteiger partial charge is 0.125 e. The quantitative estimate of drug-likeness (QED) is 0.801. The van der Waals surface area contributed by atoms with Gasteiger partial charge in [0.05, 0.1) is 16.1 Å². The average molecular weight is 297 g/mol. The van der Waals surface area contributed by atoms with Gasteiger partial charge in [-0.25, -0.2) is 0 Å². The molecule has 0 saturated carbocycles. The fourth-order valence-electron chi connectivity index (χ4n) is 3.00. The van der Waals surface area contributed by atoms with Crippen LogP contribution >= 0.6 is 23.2 Å². The molecule has 2 nitrogen and oxygen atoms in total. The van der Waals surface area contributed by atoms with Crippen molar-refractivity contribution >= 4 is 23.2 Å². The van der Waals surface area contributed by atoms with Crippen LogP contribution in [0.4, 0.5) is 0 Å². The maximum absolute atomic E-state index is 9.53. The summed E-state index contributed by atoms with van der Waals surface area (Å²) in [6.45, 7) is 6.34. The Balaban J connectivity index is 2.30. The summed E-state index contributed by atoms with van der Waals surface area (Å²) in [5.74, 6) is 1.22. The molecule has 0 aliphatic carbocycles. The number of nitriles is 1. The number of hydrogen-bond donors (Lipinski definition) is 0. The summed E-state index contributed by atoms with van der Waals surface area (Å²) in [5, 5.41) is 10.5. The summed E-state index contributed by atoms with van der Waals surface area (Å²) in [4.78, 5) is 2.22. The third kappa shape index (κ3) is 3.23. The zero-order valence-corrected chi connectivity index (χ0v) is 12.7. The monoisotopic (exact) mass is 296 g/mol. The predicted octanol–water partition coefficient (Wildman–Crippen LogP) is 4.54. The fourth-order valence-corrected chi connectivity index (χ4v) is 3.41. The molecular formula is C15H18Cl2N2. The minimum Gasteiger partial charge on any atom is -0.284 e. The van der Waals surface area contributed by atoms with Crippen molar-refractivity contribution < 1.29 is 0 Å². The molecule has 1 saturated heterocycles. The molecule has 4 heteroatoms. The van der Waals surface area contributed by atoms with Gasteiger partial charge in [0.15, 0.2) is 0 Å². The molecule has 0 amide bonds. The molecule has 102 valence electrons. The Morgan fingerprint density at radius 1 is 1.26 bits per heavy atom. The Labute approximate surface area is 124 Å². The highest BCUT2D eigenvalue weighted by atomic mass is 35.5. The van der Waals surface area contributed by atoms with Gasteiger partial charge in [-0.15, -0.1) is 0 Å². The molecule has 0 aromatic heterocycles. The van der Waals surface area contributed by atoms with Crippen LogP contribution in [0.15, 0.2) is 18.2 Å². The van der Waals surface area contributed by atoms with E-state index in [1.54, 1.807) is 6.07 Å². The van der Waals surface area contributed by atoms with Crippen molar-refractivity contribution in [3.05, 3.63) is 33.8 Å². The SMILES string of the molecule is CC1CC(C)CN(C(C#N)c2cccc(Cl)c2Cl)C1. The van der Waals surface area contributed by atoms with Gasteiger partial charge in [0.2, 0.25) is 0 Å². The molecule has 1 aromatic rings. The minimum absolute atomic E-state index is 0.309. The van der Waals surface area contributed by atoms with Crippen molar-refractivity contribution in [2.24, 2.45) is 11.8 Å². The zero-order valence-electron chi connectivity index (χ0n) is 11.2. The van der Waals surface area contributed by atoms with E-state index in [2.05, 4.69) is 24.8 Å². The minimum atomic E-state index is -0.309. The molecule has 0 bridgehead atoms. The summed E-state index contributed by atoms with van der Waals surface area (Å²) < 4.78 is 0. The van der Waals surface area contributed by atoms with Crippen LogP contribution in [0.25, 0.3) is 0 Å². The predicted molar refractivity (Wildman–Crippen MR) is 79.3 cm³/mol. The van der Waals surface area contributed by atoms with Crippen LogP contribution in [0.2, 0.25) is 10.0 Å². The lowest BCUT2D eigenvalue weighted by Gasteiger charge is -2.37. The Morgan fingerprint density at radius 3 is 2.47 bits per heavy atom. The first-order chi connectivity index (χ1) is 9.02. The van der Waals surface area contributed by atoms with E-state index >= 15 is 0 Å². The Morgan fingerprint density at radius 2 is 1.89 bits per heavy atom. The van der Waals surface area contributed by atoms with Gasteiger partial charge >= 0.3 is 0 Å². The number of nitrogens with zero attached hydrogens (tertiary/aromatic N) is 2. The lowest BCUT2D eigenvalue weighted by molar-refractivity contribution is 0.118. The first-order valence-corrected chi connectivity index (χ1v) is 7.36. The van der Waals surface area contributed by atoms with Crippen LogP contribution in [0.5, 0.6) is 0 Å². The zero-order chi connectivity index (χ0) is 14.0. The molecule has 1 aliphatic rings. The number of hydrogen-bond acceptors (Lipinski definition) is 2. The second-order valence-electron chi connectivity index (χ2n) is 5.57. The third-order valence-electron chi connectivity index (χ3n) is 3.66. The molecule has 1 aromatic carbocycles. The van der Waals surface area contributed by atoms with Crippen LogP contribution in [0.1, 0.15) is 31.9 Å². The summed E-state index contributed by atoms with van der Waals surface area (Å²) >= 11 is 12.3. The van der Waals surface area contributed by atoms with Crippen LogP contribution in [0, 0.1) is 23.2 Å². The summed E-state index contributed by atoms with van der Waals surface area (Å²) in [5.41, 5.74) is 0.818. The first kappa shape index (κ1) is 14.7. The molecule has 1 fully saturated rings. The highest BCUT2D eigenvalue weighted by Crippen LogP contribution is 2.35. The van der Waals surface area contributed by atoms with Crippen molar-refractivity contribution in [3.63, 3.8) is 0 Å². The summed E-state index contributed by atoms with van der Waals surface area (Å²) in [7, 11) is 0. The molecule has 2 rings (SSSR count). The number of halogens is 2. The van der Waals surface area contributed by atoms with Gasteiger partial charge in [-0.05, 0) is 24.3 Å². The van der Waals surface area contributed by atoms with Crippen molar-refractivity contribution in [1.29, 1.82) is 5.26 Å². The van der Waals surface area contributed by atoms with Gasteiger partial charge in [0, 0.05) is 18.7 Å². The van der Waals surface area contributed by atoms with Crippen LogP contribution in [0.3, 0.4) is 0 Å². The van der Waals surface area contributed by atoms with E-state index in [0.717, 1.165) is 18.7 Å². The average Bonchev–Trinajstić information content (AvgIpc) is 2.34. The van der Waals surface area contributed by atoms with E-state index < -0.39 is 0 Å². The Kier molecular flexibility index (Phi) is 4.73. The van der Waals surface area contributed by atoms with Crippen LogP contribution < -0.4 is 0 Å². The highest BCUT2D eigenvalue weighted by molar-refractivity contribution is 6.42. The van der Waals surface area contributed by atoms with Gasteiger partial charge in [0.1, 0.15) is 6.04 Å². The van der Waals surface area contributed by atoms with Crippen molar-refractivity contribution in [2.75, 3.05) is 13.1 Å². The van der Waals surface area contributed by atoms with Crippen molar-refractivity contribution in [3.8, 4) is 6.07 Å². The molecule has 0 radical (unpaired) electrons. The molecular weight excluding hydrogens is 279 g/mol. The standard InChI is InChI=1S/C15H18Cl2N2/c1-10-6-11(2)9-19(8-10)14(7-18)12-4-3-5-13(16)15(12)17/h3-5,10-11,14H,6,8-9H2,1-2H3. The normalized spacial score (nSPS) is 25.8. The lowest BCUT2D eigenvalue weighted by Crippen LogP contribution is -2.40. The molecule has 1 heterocycles. The topological polar surface area (TPSA) is 27.0 Å². The number of benzene rings is 1. The maximum Gasteiger partial charge on any atom is 0.125 e. The Bertz CT molecular complexity index is 485. The van der Waals surface area contributed by atoms with Crippen LogP contribution in [-0.2, 0) is 0 Å². The molecule has 0 spiro atoms. The highest BCUT2D eigenvalue weighted by Gasteiger charge is 2.29. The van der Waals surface area contributed by atoms with Gasteiger partial charge in [-0.1, -0.05) is 49.2 Å². The van der Waals surface area contributed by atoms with Gasteiger partial charge in [-0.3, -0.25) is 4.90 Å². The molecule has 19 heavy (non-hydrogen) atoms. The first-order valence-electron chi connectivity index (χ1n) is 6.60. The molecule has 3 unspecified atom stereocenters. The summed E-state index contributed by atoms with van der Waals surface area (Å²) in [6, 6.07) is 7.57. The van der Waals surface area contributed by atoms with Crippen molar-refractivity contribution in [2.45, 2.75) is 26.3 Å². The van der Waals surface area contributed by atoms with Gasteiger partial charge in [-0.2, -0.15) is 5.26 Å². The van der Waals surface area contributed by atoms with E-state index in [1.165, 1.54) is 6.42 Å². The lowest BCUT2D eigenvalue weighted by atomic mass is 9.90. The van der Waals surface area contributed by atoms with Crippen molar-refractivity contribution in [1.82, 2.24) is 4.90 Å². The number of piperidine rings is 1. The maximum atomic E-state index is 9.53. The van der Waals surface area contributed by atoms with E-state index in [-0.39, 0.29) is 6.04 Å². The number of rotatable bonds is 2. The van der Waals surface area contributed by atoms with E-state index in [9.17, 15) is 5.26 Å². The third-order valence-corrected chi connectivity index (χ3v) is 4.49. The van der Waals surface area contributed by atoms with E-state index in [0.29, 0.717) is 21.9 Å². The summed E-state index contributed by atoms with van der Waals surface area (Å²) in [6.07, 6.45) is 1.22. The molecule has 1 aliphatic heterocycles. The molecule has 0 N–H and O–H groups in total. The second-order valence-corrected chi connectivity index (χ2v) is 6.36. The van der Waals surface area contributed by atoms with Gasteiger partial charge < -0.3 is 0 Å². The van der Waals surface area contributed by atoms with Gasteiger partial charge in [0.25, 0.3) is 0 Å². The Hall–Kier alpha value is -0.750. The number of likely N-dealkylation sites (tertiary alicyclic amines) is 1. The largest absolute Gasteiger partial charge is 0.284 e. The van der Waals surface area contributed by atoms with E-state index in [1.807, 2.05) is 12.1 Å².